The van der Waals surface area contributed by atoms with Crippen LogP contribution in [-0.4, -0.2) is 35.3 Å². The molecule has 1 saturated heterocycles. The second-order valence-corrected chi connectivity index (χ2v) is 6.49. The highest BCUT2D eigenvalue weighted by molar-refractivity contribution is 5.93. The molecule has 1 N–H and O–H groups in total. The second kappa shape index (κ2) is 5.14. The van der Waals surface area contributed by atoms with Crippen LogP contribution in [0.5, 0.6) is 0 Å². The van der Waals surface area contributed by atoms with Crippen molar-refractivity contribution in [2.24, 2.45) is 5.92 Å². The van der Waals surface area contributed by atoms with E-state index in [9.17, 15) is 9.59 Å². The first-order valence-electron chi connectivity index (χ1n) is 7.80. The summed E-state index contributed by atoms with van der Waals surface area (Å²) in [5, 5.41) is 3.03. The third-order valence-corrected chi connectivity index (χ3v) is 5.09. The molecule has 2 saturated carbocycles. The minimum Gasteiger partial charge on any atom is -0.342 e. The fourth-order valence-electron chi connectivity index (χ4n) is 4.02. The standard InChI is InChI=1S/C15H24N2O2/c18-13-7-10-17(11-12-5-1-2-6-12)14(19)15(16-13)8-3-4-9-15/h12H,1-11H2,(H,16,18). The van der Waals surface area contributed by atoms with Crippen LogP contribution in [0.1, 0.15) is 57.8 Å². The molecule has 2 aliphatic carbocycles. The fraction of sp³-hybridized carbons (Fsp3) is 0.867. The lowest BCUT2D eigenvalue weighted by Crippen LogP contribution is -2.55. The molecule has 0 unspecified atom stereocenters. The molecular formula is C15H24N2O2. The number of rotatable bonds is 2. The van der Waals surface area contributed by atoms with Gasteiger partial charge in [0.2, 0.25) is 11.8 Å². The molecule has 0 aromatic carbocycles. The average molecular weight is 264 g/mol. The van der Waals surface area contributed by atoms with E-state index in [-0.39, 0.29) is 11.8 Å². The highest BCUT2D eigenvalue weighted by Gasteiger charge is 2.46. The van der Waals surface area contributed by atoms with Gasteiger partial charge >= 0.3 is 0 Å². The van der Waals surface area contributed by atoms with Gasteiger partial charge in [0, 0.05) is 19.5 Å². The Kier molecular flexibility index (Phi) is 3.50. The summed E-state index contributed by atoms with van der Waals surface area (Å²) in [6, 6.07) is 0. The SMILES string of the molecule is O=C1CCN(CC2CCCC2)C(=O)C2(CCCC2)N1. The number of hydrogen-bond donors (Lipinski definition) is 1. The van der Waals surface area contributed by atoms with E-state index in [0.29, 0.717) is 18.9 Å². The van der Waals surface area contributed by atoms with Crippen molar-refractivity contribution in [3.05, 3.63) is 0 Å². The Bertz CT molecular complexity index is 368. The van der Waals surface area contributed by atoms with E-state index in [1.807, 2.05) is 4.90 Å². The lowest BCUT2D eigenvalue weighted by molar-refractivity contribution is -0.139. The third kappa shape index (κ3) is 2.49. The molecule has 106 valence electrons. The maximum absolute atomic E-state index is 12.8. The molecule has 19 heavy (non-hydrogen) atoms. The van der Waals surface area contributed by atoms with Gasteiger partial charge in [0.1, 0.15) is 5.54 Å². The van der Waals surface area contributed by atoms with Gasteiger partial charge in [0.05, 0.1) is 0 Å². The van der Waals surface area contributed by atoms with Gasteiger partial charge in [0.15, 0.2) is 0 Å². The fourth-order valence-corrected chi connectivity index (χ4v) is 4.02. The number of hydrogen-bond acceptors (Lipinski definition) is 2. The summed E-state index contributed by atoms with van der Waals surface area (Å²) < 4.78 is 0. The van der Waals surface area contributed by atoms with Gasteiger partial charge in [0.25, 0.3) is 0 Å². The van der Waals surface area contributed by atoms with Crippen LogP contribution >= 0.6 is 0 Å². The van der Waals surface area contributed by atoms with Crippen LogP contribution in [0.2, 0.25) is 0 Å². The lowest BCUT2D eigenvalue weighted by Gasteiger charge is -2.33. The van der Waals surface area contributed by atoms with Crippen LogP contribution in [0.3, 0.4) is 0 Å². The van der Waals surface area contributed by atoms with Gasteiger partial charge in [-0.3, -0.25) is 9.59 Å². The normalized spacial score (nSPS) is 27.9. The average Bonchev–Trinajstić information content (AvgIpc) is 3.03. The van der Waals surface area contributed by atoms with Crippen molar-refractivity contribution in [2.75, 3.05) is 13.1 Å². The van der Waals surface area contributed by atoms with E-state index in [2.05, 4.69) is 5.32 Å². The molecule has 3 fully saturated rings. The van der Waals surface area contributed by atoms with Crippen LogP contribution in [0.25, 0.3) is 0 Å². The van der Waals surface area contributed by atoms with Crippen molar-refractivity contribution in [1.29, 1.82) is 0 Å². The number of carbonyl (C=O) groups excluding carboxylic acids is 2. The van der Waals surface area contributed by atoms with Gasteiger partial charge in [-0.25, -0.2) is 0 Å². The van der Waals surface area contributed by atoms with Gasteiger partial charge in [-0.05, 0) is 31.6 Å². The second-order valence-electron chi connectivity index (χ2n) is 6.49. The third-order valence-electron chi connectivity index (χ3n) is 5.09. The molecule has 3 rings (SSSR count). The molecular weight excluding hydrogens is 240 g/mol. The molecule has 3 aliphatic rings. The molecule has 1 heterocycles. The summed E-state index contributed by atoms with van der Waals surface area (Å²) in [7, 11) is 0. The van der Waals surface area contributed by atoms with E-state index in [1.54, 1.807) is 0 Å². The Labute approximate surface area is 114 Å². The Morgan fingerprint density at radius 3 is 2.47 bits per heavy atom. The topological polar surface area (TPSA) is 49.4 Å². The van der Waals surface area contributed by atoms with Gasteiger partial charge < -0.3 is 10.2 Å². The van der Waals surface area contributed by atoms with Crippen LogP contribution in [0.4, 0.5) is 0 Å². The number of nitrogens with zero attached hydrogens (tertiary/aromatic N) is 1. The van der Waals surface area contributed by atoms with Crippen molar-refractivity contribution in [1.82, 2.24) is 10.2 Å². The van der Waals surface area contributed by atoms with E-state index in [0.717, 1.165) is 32.2 Å². The molecule has 2 amide bonds. The summed E-state index contributed by atoms with van der Waals surface area (Å²) in [6.07, 6.45) is 9.35. The maximum atomic E-state index is 12.8. The summed E-state index contributed by atoms with van der Waals surface area (Å²) in [5.41, 5.74) is -0.549. The lowest BCUT2D eigenvalue weighted by atomic mass is 9.95. The van der Waals surface area contributed by atoms with Gasteiger partial charge in [-0.2, -0.15) is 0 Å². The van der Waals surface area contributed by atoms with E-state index in [1.165, 1.54) is 25.7 Å². The van der Waals surface area contributed by atoms with Crippen molar-refractivity contribution in [3.63, 3.8) is 0 Å². The Morgan fingerprint density at radius 2 is 1.79 bits per heavy atom. The highest BCUT2D eigenvalue weighted by Crippen LogP contribution is 2.34. The Morgan fingerprint density at radius 1 is 1.11 bits per heavy atom. The minimum atomic E-state index is -0.549. The van der Waals surface area contributed by atoms with Gasteiger partial charge in [-0.15, -0.1) is 0 Å². The summed E-state index contributed by atoms with van der Waals surface area (Å²) in [5.74, 6) is 0.919. The smallest absolute Gasteiger partial charge is 0.248 e. The summed E-state index contributed by atoms with van der Waals surface area (Å²) in [4.78, 5) is 26.7. The Hall–Kier alpha value is -1.06. The molecule has 1 spiro atoms. The van der Waals surface area contributed by atoms with Crippen LogP contribution in [-0.2, 0) is 9.59 Å². The molecule has 0 bridgehead atoms. The Balaban J connectivity index is 1.75. The maximum Gasteiger partial charge on any atom is 0.248 e. The summed E-state index contributed by atoms with van der Waals surface area (Å²) >= 11 is 0. The zero-order valence-corrected chi connectivity index (χ0v) is 11.6. The van der Waals surface area contributed by atoms with E-state index < -0.39 is 5.54 Å². The van der Waals surface area contributed by atoms with E-state index in [4.69, 9.17) is 0 Å². The first kappa shape index (κ1) is 12.9. The van der Waals surface area contributed by atoms with Crippen molar-refractivity contribution >= 4 is 11.8 Å². The quantitative estimate of drug-likeness (QED) is 0.827. The first-order chi connectivity index (χ1) is 9.20. The first-order valence-corrected chi connectivity index (χ1v) is 7.80. The highest BCUT2D eigenvalue weighted by atomic mass is 16.2. The van der Waals surface area contributed by atoms with Crippen LogP contribution in [0, 0.1) is 5.92 Å². The van der Waals surface area contributed by atoms with Crippen LogP contribution in [0.15, 0.2) is 0 Å². The monoisotopic (exact) mass is 264 g/mol. The zero-order valence-electron chi connectivity index (χ0n) is 11.6. The van der Waals surface area contributed by atoms with E-state index >= 15 is 0 Å². The number of nitrogens with one attached hydrogen (secondary N) is 1. The molecule has 0 aromatic heterocycles. The minimum absolute atomic E-state index is 0.0594. The largest absolute Gasteiger partial charge is 0.342 e. The molecule has 4 nitrogen and oxygen atoms in total. The molecule has 4 heteroatoms. The molecule has 1 aliphatic heterocycles. The predicted octanol–water partition coefficient (Wildman–Crippen LogP) is 1.84. The number of amides is 2. The molecule has 0 radical (unpaired) electrons. The van der Waals surface area contributed by atoms with Gasteiger partial charge in [-0.1, -0.05) is 25.7 Å². The van der Waals surface area contributed by atoms with Crippen molar-refractivity contribution in [2.45, 2.75) is 63.3 Å². The molecule has 0 atom stereocenters. The zero-order chi connectivity index (χ0) is 13.3. The van der Waals surface area contributed by atoms with Crippen LogP contribution < -0.4 is 5.32 Å². The van der Waals surface area contributed by atoms with Crippen molar-refractivity contribution < 1.29 is 9.59 Å². The predicted molar refractivity (Wildman–Crippen MR) is 72.5 cm³/mol. The number of carbonyl (C=O) groups is 2. The summed E-state index contributed by atoms with van der Waals surface area (Å²) in [6.45, 7) is 1.48. The van der Waals surface area contributed by atoms with Crippen molar-refractivity contribution in [3.8, 4) is 0 Å². The molecule has 0 aromatic rings.